The highest BCUT2D eigenvalue weighted by molar-refractivity contribution is 6.32. The van der Waals surface area contributed by atoms with Gasteiger partial charge in [0.2, 0.25) is 0 Å². The summed E-state index contributed by atoms with van der Waals surface area (Å²) in [5.74, 6) is -1.75. The summed E-state index contributed by atoms with van der Waals surface area (Å²) in [4.78, 5) is 10.5. The van der Waals surface area contributed by atoms with Gasteiger partial charge in [0.1, 0.15) is 10.7 Å². The van der Waals surface area contributed by atoms with Gasteiger partial charge in [0.05, 0.1) is 0 Å². The summed E-state index contributed by atoms with van der Waals surface area (Å²) in [6, 6.07) is 0. The number of carbonyl (C=O) groups is 1. The lowest BCUT2D eigenvalue weighted by molar-refractivity contribution is -0.141. The van der Waals surface area contributed by atoms with E-state index in [2.05, 4.69) is 5.10 Å². The van der Waals surface area contributed by atoms with Gasteiger partial charge < -0.3 is 5.11 Å². The molecule has 0 atom stereocenters. The molecule has 86 valence electrons. The number of nitrogens with zero attached hydrogens (tertiary/aromatic N) is 2. The maximum absolute atomic E-state index is 12.2. The Kier molecular flexibility index (Phi) is 4.01. The minimum Gasteiger partial charge on any atom is -0.478 e. The van der Waals surface area contributed by atoms with E-state index < -0.39 is 28.6 Å². The molecule has 15 heavy (non-hydrogen) atoms. The molecule has 0 aliphatic heterocycles. The van der Waals surface area contributed by atoms with E-state index in [0.29, 0.717) is 4.68 Å². The van der Waals surface area contributed by atoms with Crippen LogP contribution in [0.3, 0.4) is 0 Å². The molecular formula is C6H5Cl2F3N2O2. The van der Waals surface area contributed by atoms with E-state index in [0.717, 1.165) is 7.05 Å². The molecular weight excluding hydrogens is 260 g/mol. The normalized spacial score (nSPS) is 11.0. The number of hydrogen-bond acceptors (Lipinski definition) is 2. The molecule has 0 saturated carbocycles. The van der Waals surface area contributed by atoms with E-state index in [1.54, 1.807) is 0 Å². The largest absolute Gasteiger partial charge is 0.478 e. The number of alkyl halides is 3. The van der Waals surface area contributed by atoms with Crippen molar-refractivity contribution >= 4 is 30.0 Å². The maximum atomic E-state index is 12.2. The standard InChI is InChI=1S/C6H4ClF3N2O2.ClH/c1-12-4(7)2(5(13)14)3(11-12)6(8,9)10;/h1H3,(H,13,14);1H. The topological polar surface area (TPSA) is 55.1 Å². The number of halogens is 5. The van der Waals surface area contributed by atoms with Crippen LogP contribution in [0.4, 0.5) is 13.2 Å². The van der Waals surface area contributed by atoms with Crippen molar-refractivity contribution in [3.8, 4) is 0 Å². The van der Waals surface area contributed by atoms with Gasteiger partial charge in [0, 0.05) is 7.05 Å². The zero-order chi connectivity index (χ0) is 11.1. The summed E-state index contributed by atoms with van der Waals surface area (Å²) in [5.41, 5.74) is -2.51. The smallest absolute Gasteiger partial charge is 0.436 e. The number of carboxylic acids is 1. The Labute approximate surface area is 93.0 Å². The number of aromatic nitrogens is 2. The third kappa shape index (κ3) is 2.54. The summed E-state index contributed by atoms with van der Waals surface area (Å²) in [6.45, 7) is 0. The Morgan fingerprint density at radius 2 is 2.00 bits per heavy atom. The molecule has 0 aliphatic carbocycles. The lowest BCUT2D eigenvalue weighted by Gasteiger charge is -2.02. The van der Waals surface area contributed by atoms with Crippen LogP contribution in [0, 0.1) is 0 Å². The zero-order valence-corrected chi connectivity index (χ0v) is 8.74. The molecule has 4 nitrogen and oxygen atoms in total. The second kappa shape index (κ2) is 4.28. The summed E-state index contributed by atoms with van der Waals surface area (Å²) in [5, 5.41) is 10.9. The molecule has 0 amide bonds. The van der Waals surface area contributed by atoms with E-state index in [1.165, 1.54) is 0 Å². The summed E-state index contributed by atoms with van der Waals surface area (Å²) in [6.07, 6.45) is -4.82. The molecule has 1 N–H and O–H groups in total. The third-order valence-corrected chi connectivity index (χ3v) is 1.89. The van der Waals surface area contributed by atoms with Crippen molar-refractivity contribution in [3.05, 3.63) is 16.4 Å². The molecule has 0 aromatic carbocycles. The minimum absolute atomic E-state index is 0. The van der Waals surface area contributed by atoms with Gasteiger partial charge in [-0.05, 0) is 0 Å². The van der Waals surface area contributed by atoms with Gasteiger partial charge in [0.25, 0.3) is 0 Å². The first kappa shape index (κ1) is 14.1. The third-order valence-electron chi connectivity index (χ3n) is 1.46. The molecule has 0 radical (unpaired) electrons. The van der Waals surface area contributed by atoms with Crippen LogP contribution in [0.1, 0.15) is 16.1 Å². The average Bonchev–Trinajstić information content (AvgIpc) is 2.27. The number of rotatable bonds is 1. The van der Waals surface area contributed by atoms with Gasteiger partial charge in [-0.1, -0.05) is 11.6 Å². The van der Waals surface area contributed by atoms with E-state index in [4.69, 9.17) is 16.7 Å². The fraction of sp³-hybridized carbons (Fsp3) is 0.333. The van der Waals surface area contributed by atoms with Crippen molar-refractivity contribution in [2.75, 3.05) is 0 Å². The van der Waals surface area contributed by atoms with Gasteiger partial charge >= 0.3 is 12.1 Å². The van der Waals surface area contributed by atoms with Crippen LogP contribution in [-0.2, 0) is 13.2 Å². The van der Waals surface area contributed by atoms with Crippen molar-refractivity contribution in [1.82, 2.24) is 9.78 Å². The van der Waals surface area contributed by atoms with Gasteiger partial charge in [-0.2, -0.15) is 18.3 Å². The van der Waals surface area contributed by atoms with E-state index in [9.17, 15) is 18.0 Å². The lowest BCUT2D eigenvalue weighted by Crippen LogP contribution is -2.12. The van der Waals surface area contributed by atoms with Crippen LogP contribution in [0.5, 0.6) is 0 Å². The molecule has 0 spiro atoms. The maximum Gasteiger partial charge on any atom is 0.436 e. The van der Waals surface area contributed by atoms with Crippen molar-refractivity contribution < 1.29 is 23.1 Å². The SMILES string of the molecule is Cl.Cn1nc(C(F)(F)F)c(C(=O)O)c1Cl. The Balaban J connectivity index is 0.00000196. The highest BCUT2D eigenvalue weighted by Crippen LogP contribution is 2.33. The molecule has 1 aromatic rings. The van der Waals surface area contributed by atoms with Crippen molar-refractivity contribution in [1.29, 1.82) is 0 Å². The zero-order valence-electron chi connectivity index (χ0n) is 7.17. The average molecular weight is 265 g/mol. The fourth-order valence-corrected chi connectivity index (χ4v) is 1.10. The minimum atomic E-state index is -4.82. The molecule has 0 unspecified atom stereocenters. The van der Waals surface area contributed by atoms with Crippen LogP contribution < -0.4 is 0 Å². The molecule has 1 heterocycles. The molecule has 0 bridgehead atoms. The van der Waals surface area contributed by atoms with Crippen molar-refractivity contribution in [2.45, 2.75) is 6.18 Å². The van der Waals surface area contributed by atoms with E-state index in [-0.39, 0.29) is 12.4 Å². The molecule has 1 aromatic heterocycles. The van der Waals surface area contributed by atoms with Crippen LogP contribution in [0.25, 0.3) is 0 Å². The lowest BCUT2D eigenvalue weighted by atomic mass is 10.2. The van der Waals surface area contributed by atoms with Crippen LogP contribution >= 0.6 is 24.0 Å². The first-order valence-corrected chi connectivity index (χ1v) is 3.66. The summed E-state index contributed by atoms with van der Waals surface area (Å²) < 4.78 is 37.3. The predicted molar refractivity (Wildman–Crippen MR) is 47.4 cm³/mol. The predicted octanol–water partition coefficient (Wildman–Crippen LogP) is 2.21. The van der Waals surface area contributed by atoms with E-state index >= 15 is 0 Å². The molecule has 1 rings (SSSR count). The van der Waals surface area contributed by atoms with Gasteiger partial charge in [-0.25, -0.2) is 4.79 Å². The highest BCUT2D eigenvalue weighted by Gasteiger charge is 2.41. The quantitative estimate of drug-likeness (QED) is 0.846. The van der Waals surface area contributed by atoms with Crippen LogP contribution in [-0.4, -0.2) is 20.9 Å². The monoisotopic (exact) mass is 264 g/mol. The number of aryl methyl sites for hydroxylation is 1. The number of carboxylic acid groups (broad SMARTS) is 1. The second-order valence-corrected chi connectivity index (χ2v) is 2.80. The fourth-order valence-electron chi connectivity index (χ4n) is 0.891. The van der Waals surface area contributed by atoms with Crippen LogP contribution in [0.2, 0.25) is 5.15 Å². The second-order valence-electron chi connectivity index (χ2n) is 2.44. The molecule has 9 heteroatoms. The van der Waals surface area contributed by atoms with Gasteiger partial charge in [0.15, 0.2) is 5.69 Å². The number of hydrogen-bond donors (Lipinski definition) is 1. The Morgan fingerprint density at radius 1 is 1.53 bits per heavy atom. The Bertz CT molecular complexity index is 388. The highest BCUT2D eigenvalue weighted by atomic mass is 35.5. The van der Waals surface area contributed by atoms with Gasteiger partial charge in [-0.15, -0.1) is 12.4 Å². The molecule has 0 aliphatic rings. The molecule has 0 fully saturated rings. The summed E-state index contributed by atoms with van der Waals surface area (Å²) in [7, 11) is 1.13. The van der Waals surface area contributed by atoms with Gasteiger partial charge in [-0.3, -0.25) is 4.68 Å². The van der Waals surface area contributed by atoms with Crippen molar-refractivity contribution in [3.63, 3.8) is 0 Å². The Morgan fingerprint density at radius 3 is 2.27 bits per heavy atom. The first-order valence-electron chi connectivity index (χ1n) is 3.28. The first-order chi connectivity index (χ1) is 6.25. The van der Waals surface area contributed by atoms with Crippen LogP contribution in [0.15, 0.2) is 0 Å². The molecule has 0 saturated heterocycles. The number of aromatic carboxylic acids is 1. The summed E-state index contributed by atoms with van der Waals surface area (Å²) >= 11 is 5.33. The Hall–Kier alpha value is -0.950. The van der Waals surface area contributed by atoms with E-state index in [1.807, 2.05) is 0 Å². The van der Waals surface area contributed by atoms with Crippen molar-refractivity contribution in [2.24, 2.45) is 7.05 Å².